The third kappa shape index (κ3) is 2.96. The highest BCUT2D eigenvalue weighted by Crippen LogP contribution is 2.26. The van der Waals surface area contributed by atoms with Crippen LogP contribution in [-0.4, -0.2) is 44.9 Å². The Morgan fingerprint density at radius 2 is 2.12 bits per heavy atom. The molecule has 124 valence electrons. The van der Waals surface area contributed by atoms with Gasteiger partial charge in [-0.1, -0.05) is 6.07 Å². The van der Waals surface area contributed by atoms with Crippen LogP contribution in [0.15, 0.2) is 30.7 Å². The number of aromatic nitrogens is 3. The topological polar surface area (TPSA) is 71.0 Å². The normalized spacial score (nSPS) is 19.8. The number of amides is 1. The molecule has 1 N–H and O–H groups in total. The van der Waals surface area contributed by atoms with E-state index >= 15 is 0 Å². The molecule has 6 nitrogen and oxygen atoms in total. The Bertz CT molecular complexity index is 733. The van der Waals surface area contributed by atoms with Crippen LogP contribution in [0.25, 0.3) is 0 Å². The molecule has 24 heavy (non-hydrogen) atoms. The van der Waals surface area contributed by atoms with Gasteiger partial charge in [-0.3, -0.25) is 9.78 Å². The lowest BCUT2D eigenvalue weighted by Crippen LogP contribution is -2.45. The fourth-order valence-corrected chi connectivity index (χ4v) is 3.61. The first-order valence-electron chi connectivity index (χ1n) is 8.61. The molecule has 1 fully saturated rings. The van der Waals surface area contributed by atoms with Crippen molar-refractivity contribution >= 4 is 11.7 Å². The molecule has 1 atom stereocenters. The van der Waals surface area contributed by atoms with E-state index in [2.05, 4.69) is 20.3 Å². The zero-order chi connectivity index (χ0) is 16.4. The summed E-state index contributed by atoms with van der Waals surface area (Å²) in [4.78, 5) is 27.5. The second-order valence-electron chi connectivity index (χ2n) is 6.45. The molecule has 2 aromatic rings. The minimum atomic E-state index is 0.00927. The van der Waals surface area contributed by atoms with Crippen LogP contribution in [0, 0.1) is 0 Å². The summed E-state index contributed by atoms with van der Waals surface area (Å²) in [5.74, 6) is 0.963. The monoisotopic (exact) mass is 323 g/mol. The molecule has 0 aromatic carbocycles. The Morgan fingerprint density at radius 3 is 3.00 bits per heavy atom. The second-order valence-corrected chi connectivity index (χ2v) is 6.45. The van der Waals surface area contributed by atoms with Gasteiger partial charge in [0.25, 0.3) is 5.91 Å². The van der Waals surface area contributed by atoms with Crippen LogP contribution >= 0.6 is 0 Å². The van der Waals surface area contributed by atoms with Crippen molar-refractivity contribution in [3.8, 4) is 0 Å². The van der Waals surface area contributed by atoms with Gasteiger partial charge in [-0.15, -0.1) is 0 Å². The Balaban J connectivity index is 1.46. The quantitative estimate of drug-likeness (QED) is 0.936. The number of rotatable bonds is 3. The Hall–Kier alpha value is -2.50. The third-order valence-corrected chi connectivity index (χ3v) is 4.81. The van der Waals surface area contributed by atoms with Crippen molar-refractivity contribution in [2.45, 2.75) is 38.1 Å². The molecular formula is C18H21N5O. The summed E-state index contributed by atoms with van der Waals surface area (Å²) >= 11 is 0. The highest BCUT2D eigenvalue weighted by Gasteiger charge is 2.26. The van der Waals surface area contributed by atoms with E-state index in [-0.39, 0.29) is 11.9 Å². The lowest BCUT2D eigenvalue weighted by atomic mass is 10.0. The number of nitrogens with one attached hydrogen (secondary N) is 1. The predicted octanol–water partition coefficient (Wildman–Crippen LogP) is 2.08. The van der Waals surface area contributed by atoms with Gasteiger partial charge < -0.3 is 10.2 Å². The molecule has 1 amide bonds. The maximum Gasteiger partial charge on any atom is 0.272 e. The number of hydrogen-bond donors (Lipinski definition) is 1. The number of pyridine rings is 1. The molecule has 1 saturated heterocycles. The van der Waals surface area contributed by atoms with E-state index in [0.29, 0.717) is 12.2 Å². The zero-order valence-corrected chi connectivity index (χ0v) is 13.6. The van der Waals surface area contributed by atoms with Crippen LogP contribution in [0.2, 0.25) is 0 Å². The average molecular weight is 323 g/mol. The van der Waals surface area contributed by atoms with Gasteiger partial charge in [-0.2, -0.15) is 0 Å². The molecule has 0 radical (unpaired) electrons. The molecule has 1 aliphatic heterocycles. The Kier molecular flexibility index (Phi) is 4.11. The van der Waals surface area contributed by atoms with E-state index in [4.69, 9.17) is 0 Å². The first kappa shape index (κ1) is 15.1. The lowest BCUT2D eigenvalue weighted by molar-refractivity contribution is 0.0708. The summed E-state index contributed by atoms with van der Waals surface area (Å²) < 4.78 is 0. The second kappa shape index (κ2) is 6.55. The molecule has 3 heterocycles. The van der Waals surface area contributed by atoms with E-state index in [9.17, 15) is 4.79 Å². The first-order chi connectivity index (χ1) is 11.8. The summed E-state index contributed by atoms with van der Waals surface area (Å²) in [5, 5.41) is 3.55. The van der Waals surface area contributed by atoms with E-state index in [1.54, 1.807) is 18.6 Å². The fourth-order valence-electron chi connectivity index (χ4n) is 3.61. The number of hydrogen-bond acceptors (Lipinski definition) is 5. The highest BCUT2D eigenvalue weighted by molar-refractivity contribution is 5.92. The number of aryl methyl sites for hydroxylation is 1. The van der Waals surface area contributed by atoms with E-state index in [1.807, 2.05) is 17.0 Å². The molecule has 0 bridgehead atoms. The van der Waals surface area contributed by atoms with Crippen LogP contribution < -0.4 is 5.32 Å². The van der Waals surface area contributed by atoms with Crippen molar-refractivity contribution in [3.63, 3.8) is 0 Å². The van der Waals surface area contributed by atoms with E-state index in [1.165, 1.54) is 11.3 Å². The van der Waals surface area contributed by atoms with Gasteiger partial charge >= 0.3 is 0 Å². The molecule has 2 aliphatic rings. The van der Waals surface area contributed by atoms with Gasteiger partial charge in [-0.25, -0.2) is 9.97 Å². The van der Waals surface area contributed by atoms with Crippen LogP contribution in [0.3, 0.4) is 0 Å². The number of fused-ring (bicyclic) bond motifs is 1. The number of carbonyl (C=O) groups is 1. The zero-order valence-electron chi connectivity index (χ0n) is 13.6. The molecule has 1 aliphatic carbocycles. The first-order valence-corrected chi connectivity index (χ1v) is 8.61. The maximum atomic E-state index is 12.6. The van der Waals surface area contributed by atoms with Crippen molar-refractivity contribution in [2.24, 2.45) is 0 Å². The maximum absolute atomic E-state index is 12.6. The summed E-state index contributed by atoms with van der Waals surface area (Å²) in [6.45, 7) is 1.48. The third-order valence-electron chi connectivity index (χ3n) is 4.81. The summed E-state index contributed by atoms with van der Waals surface area (Å²) in [7, 11) is 0. The number of anilines is 1. The van der Waals surface area contributed by atoms with Crippen molar-refractivity contribution in [1.82, 2.24) is 19.9 Å². The minimum Gasteiger partial charge on any atom is -0.365 e. The molecule has 4 rings (SSSR count). The number of likely N-dealkylation sites (tertiary alicyclic amines) is 1. The van der Waals surface area contributed by atoms with Gasteiger partial charge in [0.15, 0.2) is 0 Å². The van der Waals surface area contributed by atoms with Gasteiger partial charge in [-0.05, 0) is 44.2 Å². The van der Waals surface area contributed by atoms with Gasteiger partial charge in [0, 0.05) is 36.6 Å². The number of nitrogens with zero attached hydrogens (tertiary/aromatic N) is 4. The minimum absolute atomic E-state index is 0.00927. The van der Waals surface area contributed by atoms with E-state index < -0.39 is 0 Å². The largest absolute Gasteiger partial charge is 0.365 e. The molecule has 2 aromatic heterocycles. The average Bonchev–Trinajstić information content (AvgIpc) is 3.12. The van der Waals surface area contributed by atoms with Crippen LogP contribution in [-0.2, 0) is 12.8 Å². The molecular weight excluding hydrogens is 302 g/mol. The van der Waals surface area contributed by atoms with Crippen LogP contribution in [0.1, 0.15) is 41.0 Å². The summed E-state index contributed by atoms with van der Waals surface area (Å²) in [6.07, 6.45) is 8.58. The van der Waals surface area contributed by atoms with Crippen LogP contribution in [0.4, 0.5) is 5.82 Å². The summed E-state index contributed by atoms with van der Waals surface area (Å²) in [5.41, 5.74) is 2.94. The van der Waals surface area contributed by atoms with Gasteiger partial charge in [0.2, 0.25) is 0 Å². The Labute approximate surface area is 141 Å². The Morgan fingerprint density at radius 1 is 1.17 bits per heavy atom. The van der Waals surface area contributed by atoms with Crippen LogP contribution in [0.5, 0.6) is 0 Å². The van der Waals surface area contributed by atoms with Gasteiger partial charge in [0.05, 0.1) is 0 Å². The smallest absolute Gasteiger partial charge is 0.272 e. The molecule has 0 unspecified atom stereocenters. The standard InChI is InChI=1S/C18H21N5O/c24-18(16-7-1-2-9-19-16)23-10-4-5-13(11-23)22-17-14-6-3-8-15(14)20-12-21-17/h1-2,7,9,12-13H,3-6,8,10-11H2,(H,20,21,22)/t13-/m1/s1. The van der Waals surface area contributed by atoms with Crippen molar-refractivity contribution in [1.29, 1.82) is 0 Å². The SMILES string of the molecule is O=C(c1ccccn1)N1CCC[C@@H](Nc2ncnc3c2CCC3)C1. The summed E-state index contributed by atoms with van der Waals surface area (Å²) in [6, 6.07) is 5.68. The van der Waals surface area contributed by atoms with Gasteiger partial charge in [0.1, 0.15) is 17.8 Å². The molecule has 0 saturated carbocycles. The predicted molar refractivity (Wildman–Crippen MR) is 90.8 cm³/mol. The lowest BCUT2D eigenvalue weighted by Gasteiger charge is -2.33. The molecule has 0 spiro atoms. The fraction of sp³-hybridized carbons (Fsp3) is 0.444. The van der Waals surface area contributed by atoms with Crippen molar-refractivity contribution < 1.29 is 4.79 Å². The highest BCUT2D eigenvalue weighted by atomic mass is 16.2. The van der Waals surface area contributed by atoms with E-state index in [0.717, 1.165) is 44.5 Å². The molecule has 6 heteroatoms. The van der Waals surface area contributed by atoms with Crippen molar-refractivity contribution in [2.75, 3.05) is 18.4 Å². The van der Waals surface area contributed by atoms with Crippen molar-refractivity contribution in [3.05, 3.63) is 47.7 Å². The number of piperidine rings is 1. The number of carbonyl (C=O) groups excluding carboxylic acids is 1.